The fourth-order valence-corrected chi connectivity index (χ4v) is 1.51. The second-order valence-corrected chi connectivity index (χ2v) is 3.66. The molecular formula is C14H18O3. The lowest BCUT2D eigenvalue weighted by atomic mass is 10.0. The SMILES string of the molecule is CC=CCOc1ccccc1C(C)C(=O)OC. The zero-order chi connectivity index (χ0) is 12.7. The van der Waals surface area contributed by atoms with Crippen LogP contribution in [0.25, 0.3) is 0 Å². The number of methoxy groups -OCH3 is 1. The topological polar surface area (TPSA) is 35.5 Å². The summed E-state index contributed by atoms with van der Waals surface area (Å²) in [5.74, 6) is 0.150. The van der Waals surface area contributed by atoms with Crippen molar-refractivity contribution in [3.05, 3.63) is 42.0 Å². The summed E-state index contributed by atoms with van der Waals surface area (Å²) in [6.07, 6.45) is 3.84. The Labute approximate surface area is 102 Å². The molecule has 0 amide bonds. The smallest absolute Gasteiger partial charge is 0.312 e. The highest BCUT2D eigenvalue weighted by atomic mass is 16.5. The van der Waals surface area contributed by atoms with Gasteiger partial charge in [0.05, 0.1) is 13.0 Å². The van der Waals surface area contributed by atoms with Crippen molar-refractivity contribution in [3.8, 4) is 5.75 Å². The average Bonchev–Trinajstić information content (AvgIpc) is 2.38. The minimum Gasteiger partial charge on any atom is -0.489 e. The molecule has 1 aromatic rings. The third kappa shape index (κ3) is 3.63. The summed E-state index contributed by atoms with van der Waals surface area (Å²) in [4.78, 5) is 11.5. The first-order valence-corrected chi connectivity index (χ1v) is 5.61. The molecule has 1 atom stereocenters. The van der Waals surface area contributed by atoms with Crippen LogP contribution in [0, 0.1) is 0 Å². The summed E-state index contributed by atoms with van der Waals surface area (Å²) < 4.78 is 10.3. The lowest BCUT2D eigenvalue weighted by Crippen LogP contribution is -2.12. The van der Waals surface area contributed by atoms with Crippen LogP contribution in [0.5, 0.6) is 5.75 Å². The van der Waals surface area contributed by atoms with Crippen molar-refractivity contribution < 1.29 is 14.3 Å². The van der Waals surface area contributed by atoms with Crippen LogP contribution >= 0.6 is 0 Å². The van der Waals surface area contributed by atoms with E-state index < -0.39 is 0 Å². The molecule has 0 fully saturated rings. The highest BCUT2D eigenvalue weighted by molar-refractivity contribution is 5.78. The predicted octanol–water partition coefficient (Wildman–Crippen LogP) is 2.92. The molecule has 0 bridgehead atoms. The molecule has 3 heteroatoms. The third-order valence-electron chi connectivity index (χ3n) is 2.51. The van der Waals surface area contributed by atoms with Gasteiger partial charge in [-0.2, -0.15) is 0 Å². The predicted molar refractivity (Wildman–Crippen MR) is 67.2 cm³/mol. The molecule has 0 saturated carbocycles. The number of allylic oxidation sites excluding steroid dienone is 1. The molecule has 0 N–H and O–H groups in total. The molecule has 0 radical (unpaired) electrons. The Bertz CT molecular complexity index is 396. The largest absolute Gasteiger partial charge is 0.489 e. The molecule has 0 saturated heterocycles. The van der Waals surface area contributed by atoms with Crippen molar-refractivity contribution in [1.82, 2.24) is 0 Å². The van der Waals surface area contributed by atoms with E-state index in [2.05, 4.69) is 0 Å². The Hall–Kier alpha value is -1.77. The summed E-state index contributed by atoms with van der Waals surface area (Å²) in [6, 6.07) is 7.51. The lowest BCUT2D eigenvalue weighted by Gasteiger charge is -2.14. The van der Waals surface area contributed by atoms with Crippen molar-refractivity contribution >= 4 is 5.97 Å². The van der Waals surface area contributed by atoms with Crippen LogP contribution in [0.4, 0.5) is 0 Å². The lowest BCUT2D eigenvalue weighted by molar-refractivity contribution is -0.142. The molecule has 0 aliphatic rings. The molecule has 1 aromatic carbocycles. The normalized spacial score (nSPS) is 12.4. The van der Waals surface area contributed by atoms with Gasteiger partial charge in [0.2, 0.25) is 0 Å². The van der Waals surface area contributed by atoms with E-state index in [1.54, 1.807) is 0 Å². The Balaban J connectivity index is 2.87. The van der Waals surface area contributed by atoms with E-state index in [9.17, 15) is 4.79 Å². The van der Waals surface area contributed by atoms with Crippen molar-refractivity contribution in [3.63, 3.8) is 0 Å². The average molecular weight is 234 g/mol. The van der Waals surface area contributed by atoms with Gasteiger partial charge in [0.1, 0.15) is 12.4 Å². The summed E-state index contributed by atoms with van der Waals surface area (Å²) in [6.45, 7) is 4.25. The number of para-hydroxylation sites is 1. The molecule has 17 heavy (non-hydrogen) atoms. The van der Waals surface area contributed by atoms with Crippen molar-refractivity contribution in [2.45, 2.75) is 19.8 Å². The molecular weight excluding hydrogens is 216 g/mol. The van der Waals surface area contributed by atoms with Crippen LogP contribution in [-0.2, 0) is 9.53 Å². The maximum Gasteiger partial charge on any atom is 0.312 e. The number of carbonyl (C=O) groups excluding carboxylic acids is 1. The minimum atomic E-state index is -0.318. The number of carbonyl (C=O) groups is 1. The summed E-state index contributed by atoms with van der Waals surface area (Å²) in [5.41, 5.74) is 0.851. The number of esters is 1. The quantitative estimate of drug-likeness (QED) is 0.580. The Morgan fingerprint density at radius 2 is 2.12 bits per heavy atom. The maximum absolute atomic E-state index is 11.5. The van der Waals surface area contributed by atoms with Crippen molar-refractivity contribution in [2.24, 2.45) is 0 Å². The van der Waals surface area contributed by atoms with Crippen LogP contribution < -0.4 is 4.74 Å². The minimum absolute atomic E-state index is 0.257. The molecule has 0 aliphatic carbocycles. The first-order valence-electron chi connectivity index (χ1n) is 5.61. The first-order chi connectivity index (χ1) is 8.20. The standard InChI is InChI=1S/C14H18O3/c1-4-5-10-17-13-9-7-6-8-12(13)11(2)14(15)16-3/h4-9,11H,10H2,1-3H3. The first kappa shape index (κ1) is 13.3. The van der Waals surface area contributed by atoms with Gasteiger partial charge in [-0.05, 0) is 19.9 Å². The zero-order valence-corrected chi connectivity index (χ0v) is 10.5. The summed E-state index contributed by atoms with van der Waals surface area (Å²) >= 11 is 0. The van der Waals surface area contributed by atoms with E-state index in [-0.39, 0.29) is 11.9 Å². The number of ether oxygens (including phenoxy) is 2. The zero-order valence-electron chi connectivity index (χ0n) is 10.5. The Morgan fingerprint density at radius 3 is 2.76 bits per heavy atom. The van der Waals surface area contributed by atoms with E-state index in [1.165, 1.54) is 7.11 Å². The highest BCUT2D eigenvalue weighted by Crippen LogP contribution is 2.27. The van der Waals surface area contributed by atoms with Crippen LogP contribution in [0.15, 0.2) is 36.4 Å². The number of hydrogen-bond acceptors (Lipinski definition) is 3. The van der Waals surface area contributed by atoms with Gasteiger partial charge in [0, 0.05) is 5.56 Å². The van der Waals surface area contributed by atoms with E-state index in [1.807, 2.05) is 50.3 Å². The van der Waals surface area contributed by atoms with Crippen LogP contribution in [0.1, 0.15) is 25.3 Å². The van der Waals surface area contributed by atoms with E-state index >= 15 is 0 Å². The maximum atomic E-state index is 11.5. The summed E-state index contributed by atoms with van der Waals surface area (Å²) in [5, 5.41) is 0. The number of hydrogen-bond donors (Lipinski definition) is 0. The molecule has 1 rings (SSSR count). The third-order valence-corrected chi connectivity index (χ3v) is 2.51. The number of rotatable bonds is 5. The molecule has 0 aromatic heterocycles. The molecule has 0 heterocycles. The van der Waals surface area contributed by atoms with Gasteiger partial charge in [0.15, 0.2) is 0 Å². The van der Waals surface area contributed by atoms with E-state index in [0.717, 1.165) is 11.3 Å². The highest BCUT2D eigenvalue weighted by Gasteiger charge is 2.19. The fraction of sp³-hybridized carbons (Fsp3) is 0.357. The molecule has 1 unspecified atom stereocenters. The molecule has 0 spiro atoms. The summed E-state index contributed by atoms with van der Waals surface area (Å²) in [7, 11) is 1.39. The van der Waals surface area contributed by atoms with E-state index in [0.29, 0.717) is 6.61 Å². The second-order valence-electron chi connectivity index (χ2n) is 3.66. The fourth-order valence-electron chi connectivity index (χ4n) is 1.51. The molecule has 0 aliphatic heterocycles. The molecule has 3 nitrogen and oxygen atoms in total. The second kappa shape index (κ2) is 6.74. The van der Waals surface area contributed by atoms with Gasteiger partial charge < -0.3 is 9.47 Å². The Kier molecular flexibility index (Phi) is 5.27. The Morgan fingerprint density at radius 1 is 1.41 bits per heavy atom. The number of benzene rings is 1. The van der Waals surface area contributed by atoms with Gasteiger partial charge in [-0.3, -0.25) is 4.79 Å². The van der Waals surface area contributed by atoms with E-state index in [4.69, 9.17) is 9.47 Å². The van der Waals surface area contributed by atoms with Crippen molar-refractivity contribution in [1.29, 1.82) is 0 Å². The van der Waals surface area contributed by atoms with Crippen LogP contribution in [0.3, 0.4) is 0 Å². The van der Waals surface area contributed by atoms with Gasteiger partial charge in [-0.25, -0.2) is 0 Å². The van der Waals surface area contributed by atoms with Gasteiger partial charge in [-0.1, -0.05) is 30.4 Å². The van der Waals surface area contributed by atoms with Crippen molar-refractivity contribution in [2.75, 3.05) is 13.7 Å². The monoisotopic (exact) mass is 234 g/mol. The van der Waals surface area contributed by atoms with Crippen LogP contribution in [0.2, 0.25) is 0 Å². The van der Waals surface area contributed by atoms with Gasteiger partial charge in [-0.15, -0.1) is 0 Å². The van der Waals surface area contributed by atoms with Gasteiger partial charge in [0.25, 0.3) is 0 Å². The van der Waals surface area contributed by atoms with Gasteiger partial charge >= 0.3 is 5.97 Å². The van der Waals surface area contributed by atoms with Crippen LogP contribution in [-0.4, -0.2) is 19.7 Å². The molecule has 92 valence electrons.